The van der Waals surface area contributed by atoms with Crippen molar-refractivity contribution in [2.75, 3.05) is 31.1 Å². The van der Waals surface area contributed by atoms with Crippen LogP contribution in [-0.2, 0) is 12.8 Å². The maximum Gasteiger partial charge on any atom is 0.292 e. The number of nitro groups is 1. The summed E-state index contributed by atoms with van der Waals surface area (Å²) < 4.78 is 2.06. The number of rotatable bonds is 4. The predicted octanol–water partition coefficient (Wildman–Crippen LogP) is 4.29. The summed E-state index contributed by atoms with van der Waals surface area (Å²) in [6.45, 7) is 2.28. The second-order valence-electron chi connectivity index (χ2n) is 8.01. The van der Waals surface area contributed by atoms with Gasteiger partial charge >= 0.3 is 0 Å². The number of nitrogens with zero attached hydrogens (tertiary/aromatic N) is 4. The van der Waals surface area contributed by atoms with Gasteiger partial charge in [-0.05, 0) is 49.4 Å². The maximum absolute atomic E-state index is 13.7. The smallest absolute Gasteiger partial charge is 0.292 e. The van der Waals surface area contributed by atoms with Gasteiger partial charge in [-0.2, -0.15) is 0 Å². The quantitative estimate of drug-likeness (QED) is 0.452. The number of fused-ring (bicyclic) bond motifs is 1. The largest absolute Gasteiger partial charge is 0.362 e. The lowest BCUT2D eigenvalue weighted by Gasteiger charge is -2.36. The molecule has 1 aliphatic heterocycles. The number of aromatic nitrogens is 1. The Morgan fingerprint density at radius 3 is 2.42 bits per heavy atom. The van der Waals surface area contributed by atoms with E-state index in [9.17, 15) is 14.9 Å². The monoisotopic (exact) mass is 436 g/mol. The van der Waals surface area contributed by atoms with Crippen LogP contribution in [0.2, 0.25) is 0 Å². The number of thiophene rings is 1. The van der Waals surface area contributed by atoms with Crippen molar-refractivity contribution < 1.29 is 9.72 Å². The molecule has 3 heterocycles. The Balaban J connectivity index is 1.39. The zero-order chi connectivity index (χ0) is 21.4. The molecule has 8 heteroatoms. The molecule has 0 spiro atoms. The molecule has 7 nitrogen and oxygen atoms in total. The van der Waals surface area contributed by atoms with Gasteiger partial charge in [0, 0.05) is 49.5 Å². The molecular formula is C23H24N4O3S. The maximum atomic E-state index is 13.7. The van der Waals surface area contributed by atoms with Crippen molar-refractivity contribution in [2.24, 2.45) is 0 Å². The van der Waals surface area contributed by atoms with Crippen LogP contribution in [-0.4, -0.2) is 46.5 Å². The highest BCUT2D eigenvalue weighted by atomic mass is 32.1. The van der Waals surface area contributed by atoms with Crippen LogP contribution in [0.25, 0.3) is 5.00 Å². The highest BCUT2D eigenvalue weighted by Crippen LogP contribution is 2.38. The minimum absolute atomic E-state index is 0.0883. The molecule has 1 aromatic carbocycles. The van der Waals surface area contributed by atoms with Gasteiger partial charge in [0.15, 0.2) is 0 Å². The zero-order valence-corrected chi connectivity index (χ0v) is 18.0. The molecule has 0 saturated carbocycles. The molecular weight excluding hydrogens is 412 g/mol. The molecule has 0 N–H and O–H groups in total. The first-order valence-electron chi connectivity index (χ1n) is 10.7. The van der Waals surface area contributed by atoms with Gasteiger partial charge < -0.3 is 14.4 Å². The van der Waals surface area contributed by atoms with Crippen molar-refractivity contribution >= 4 is 28.6 Å². The molecule has 1 amide bonds. The lowest BCUT2D eigenvalue weighted by Crippen LogP contribution is -2.49. The van der Waals surface area contributed by atoms with Gasteiger partial charge in [0.05, 0.1) is 10.5 Å². The summed E-state index contributed by atoms with van der Waals surface area (Å²) in [5.41, 5.74) is 2.82. The number of anilines is 1. The minimum Gasteiger partial charge on any atom is -0.362 e. The number of piperazine rings is 1. The van der Waals surface area contributed by atoms with Gasteiger partial charge in [0.1, 0.15) is 10.7 Å². The number of carbonyl (C=O) groups is 1. The number of hydrogen-bond donors (Lipinski definition) is 0. The van der Waals surface area contributed by atoms with Gasteiger partial charge in [0.2, 0.25) is 0 Å². The number of aryl methyl sites for hydroxylation is 1. The molecule has 0 atom stereocenters. The second-order valence-corrected chi connectivity index (χ2v) is 9.09. The lowest BCUT2D eigenvalue weighted by molar-refractivity contribution is -0.384. The van der Waals surface area contributed by atoms with Crippen LogP contribution < -0.4 is 4.90 Å². The molecule has 0 radical (unpaired) electrons. The number of carbonyl (C=O) groups excluding carboxylic acids is 1. The first-order valence-corrected chi connectivity index (χ1v) is 11.5. The Labute approximate surface area is 184 Å². The molecule has 31 heavy (non-hydrogen) atoms. The molecule has 5 rings (SSSR count). The highest BCUT2D eigenvalue weighted by molar-refractivity contribution is 7.15. The first-order chi connectivity index (χ1) is 15.1. The van der Waals surface area contributed by atoms with E-state index in [1.54, 1.807) is 23.5 Å². The van der Waals surface area contributed by atoms with Crippen molar-refractivity contribution in [3.05, 3.63) is 74.9 Å². The van der Waals surface area contributed by atoms with Gasteiger partial charge in [-0.3, -0.25) is 14.9 Å². The zero-order valence-electron chi connectivity index (χ0n) is 17.2. The summed E-state index contributed by atoms with van der Waals surface area (Å²) >= 11 is 1.74. The molecule has 160 valence electrons. The van der Waals surface area contributed by atoms with Crippen LogP contribution in [0.3, 0.4) is 0 Å². The van der Waals surface area contributed by atoms with E-state index in [1.807, 2.05) is 40.4 Å². The third-order valence-corrected chi connectivity index (χ3v) is 7.50. The normalized spacial score (nSPS) is 16.3. The van der Waals surface area contributed by atoms with Crippen molar-refractivity contribution in [3.8, 4) is 5.00 Å². The SMILES string of the molecule is O=C(c1c(-n2cccc2)sc2c1CCCC2)N1CCN(c2ccccc2[N+](=O)[O-])CC1. The van der Waals surface area contributed by atoms with E-state index in [4.69, 9.17) is 0 Å². The molecule has 1 fully saturated rings. The fourth-order valence-electron chi connectivity index (χ4n) is 4.62. The van der Waals surface area contributed by atoms with Crippen LogP contribution in [0.1, 0.15) is 33.6 Å². The van der Waals surface area contributed by atoms with E-state index in [0.29, 0.717) is 31.9 Å². The Morgan fingerprint density at radius 2 is 1.68 bits per heavy atom. The van der Waals surface area contributed by atoms with Crippen LogP contribution in [0.15, 0.2) is 48.8 Å². The summed E-state index contributed by atoms with van der Waals surface area (Å²) in [7, 11) is 0. The summed E-state index contributed by atoms with van der Waals surface area (Å²) in [6.07, 6.45) is 8.32. The fourth-order valence-corrected chi connectivity index (χ4v) is 5.97. The summed E-state index contributed by atoms with van der Waals surface area (Å²) in [5.74, 6) is 0.0883. The van der Waals surface area contributed by atoms with Gasteiger partial charge in [-0.25, -0.2) is 0 Å². The van der Waals surface area contributed by atoms with Crippen LogP contribution in [0.5, 0.6) is 0 Å². The van der Waals surface area contributed by atoms with Crippen molar-refractivity contribution in [1.29, 1.82) is 0 Å². The summed E-state index contributed by atoms with van der Waals surface area (Å²) in [4.78, 5) is 30.0. The number of hydrogen-bond acceptors (Lipinski definition) is 5. The average molecular weight is 437 g/mol. The van der Waals surface area contributed by atoms with E-state index >= 15 is 0 Å². The van der Waals surface area contributed by atoms with E-state index < -0.39 is 0 Å². The van der Waals surface area contributed by atoms with E-state index in [0.717, 1.165) is 29.8 Å². The van der Waals surface area contributed by atoms with Crippen LogP contribution in [0.4, 0.5) is 11.4 Å². The first kappa shape index (κ1) is 19.8. The molecule has 1 aliphatic carbocycles. The Kier molecular flexibility index (Phi) is 5.23. The van der Waals surface area contributed by atoms with E-state index in [1.165, 1.54) is 22.9 Å². The molecule has 2 aromatic heterocycles. The number of para-hydroxylation sites is 2. The van der Waals surface area contributed by atoms with E-state index in [-0.39, 0.29) is 16.5 Å². The Hall–Kier alpha value is -3.13. The fraction of sp³-hybridized carbons (Fsp3) is 0.348. The van der Waals surface area contributed by atoms with E-state index in [2.05, 4.69) is 4.57 Å². The van der Waals surface area contributed by atoms with Crippen LogP contribution >= 0.6 is 11.3 Å². The Morgan fingerprint density at radius 1 is 0.968 bits per heavy atom. The standard InChI is InChI=1S/C23H24N4O3S/c28-22(21-17-7-1-4-10-20(17)31-23(21)26-11-5-6-12-26)25-15-13-24(14-16-25)18-8-2-3-9-19(18)27(29)30/h2-3,5-6,8-9,11-12H,1,4,7,10,13-16H2. The number of benzene rings is 1. The Bertz CT molecular complexity index is 1110. The van der Waals surface area contributed by atoms with Gasteiger partial charge in [0.25, 0.3) is 11.6 Å². The molecule has 0 unspecified atom stereocenters. The van der Waals surface area contributed by atoms with Crippen LogP contribution in [0, 0.1) is 10.1 Å². The average Bonchev–Trinajstić information content (AvgIpc) is 3.46. The van der Waals surface area contributed by atoms with Crippen molar-refractivity contribution in [1.82, 2.24) is 9.47 Å². The molecule has 3 aromatic rings. The van der Waals surface area contributed by atoms with Gasteiger partial charge in [-0.1, -0.05) is 12.1 Å². The van der Waals surface area contributed by atoms with Gasteiger partial charge in [-0.15, -0.1) is 11.3 Å². The van der Waals surface area contributed by atoms with Crippen molar-refractivity contribution in [2.45, 2.75) is 25.7 Å². The van der Waals surface area contributed by atoms with Crippen molar-refractivity contribution in [3.63, 3.8) is 0 Å². The third-order valence-electron chi connectivity index (χ3n) is 6.19. The minimum atomic E-state index is -0.339. The number of nitro benzene ring substituents is 1. The number of amides is 1. The highest BCUT2D eigenvalue weighted by Gasteiger charge is 2.31. The topological polar surface area (TPSA) is 71.6 Å². The summed E-state index contributed by atoms with van der Waals surface area (Å²) in [6, 6.07) is 10.8. The lowest BCUT2D eigenvalue weighted by atomic mass is 9.95. The summed E-state index contributed by atoms with van der Waals surface area (Å²) in [5, 5.41) is 12.4. The molecule has 0 bridgehead atoms. The molecule has 1 saturated heterocycles. The molecule has 2 aliphatic rings. The second kappa shape index (κ2) is 8.19. The third kappa shape index (κ3) is 3.61. The predicted molar refractivity (Wildman–Crippen MR) is 122 cm³/mol.